The monoisotopic (exact) mass is 213 g/mol. The Bertz CT molecular complexity index is 590. The predicted molar refractivity (Wildman–Crippen MR) is 66.2 cm³/mol. The number of aromatic nitrogens is 1. The number of para-hydroxylation sites is 1. The fraction of sp³-hybridized carbons (Fsp3) is 0.0769. The molecule has 0 spiro atoms. The molecule has 0 saturated carbocycles. The number of benzene rings is 1. The number of thiophene rings is 1. The molecular weight excluding hydrogens is 202 g/mol. The summed E-state index contributed by atoms with van der Waals surface area (Å²) in [5.41, 5.74) is 2.59. The van der Waals surface area contributed by atoms with Crippen LogP contribution in [-0.2, 0) is 7.05 Å². The fourth-order valence-corrected chi connectivity index (χ4v) is 2.73. The van der Waals surface area contributed by atoms with Gasteiger partial charge in [0.15, 0.2) is 0 Å². The van der Waals surface area contributed by atoms with E-state index in [1.807, 2.05) is 0 Å². The normalized spacial score (nSPS) is 11.0. The van der Waals surface area contributed by atoms with Gasteiger partial charge in [-0.05, 0) is 23.6 Å². The maximum Gasteiger partial charge on any atom is 0.0590 e. The quantitative estimate of drug-likeness (QED) is 0.577. The van der Waals surface area contributed by atoms with E-state index in [0.717, 1.165) is 0 Å². The van der Waals surface area contributed by atoms with Crippen molar-refractivity contribution in [3.63, 3.8) is 0 Å². The lowest BCUT2D eigenvalue weighted by Crippen LogP contribution is -1.88. The van der Waals surface area contributed by atoms with Gasteiger partial charge in [-0.2, -0.15) is 0 Å². The first-order chi connectivity index (χ1) is 7.36. The van der Waals surface area contributed by atoms with Gasteiger partial charge in [0, 0.05) is 18.0 Å². The second kappa shape index (κ2) is 3.24. The van der Waals surface area contributed by atoms with Crippen molar-refractivity contribution >= 4 is 22.2 Å². The molecule has 3 rings (SSSR count). The number of nitrogens with zero attached hydrogens (tertiary/aromatic N) is 1. The lowest BCUT2D eigenvalue weighted by molar-refractivity contribution is 0.981. The van der Waals surface area contributed by atoms with Crippen molar-refractivity contribution in [1.82, 2.24) is 4.57 Å². The Kier molecular flexibility index (Phi) is 1.89. The Morgan fingerprint density at radius 1 is 1.07 bits per heavy atom. The molecule has 0 aliphatic carbocycles. The number of hydrogen-bond acceptors (Lipinski definition) is 1. The van der Waals surface area contributed by atoms with Crippen LogP contribution in [0.15, 0.2) is 47.8 Å². The molecule has 0 fully saturated rings. The lowest BCUT2D eigenvalue weighted by atomic mass is 10.2. The van der Waals surface area contributed by atoms with Gasteiger partial charge in [0.05, 0.1) is 10.6 Å². The topological polar surface area (TPSA) is 4.93 Å². The minimum absolute atomic E-state index is 1.29. The van der Waals surface area contributed by atoms with Crippen LogP contribution in [0.1, 0.15) is 0 Å². The van der Waals surface area contributed by atoms with E-state index < -0.39 is 0 Å². The van der Waals surface area contributed by atoms with E-state index in [1.54, 1.807) is 11.3 Å². The Morgan fingerprint density at radius 2 is 1.93 bits per heavy atom. The van der Waals surface area contributed by atoms with Crippen molar-refractivity contribution in [1.29, 1.82) is 0 Å². The van der Waals surface area contributed by atoms with Crippen LogP contribution in [-0.4, -0.2) is 4.57 Å². The average molecular weight is 213 g/mol. The number of aryl methyl sites for hydroxylation is 1. The zero-order chi connectivity index (χ0) is 10.3. The van der Waals surface area contributed by atoms with Gasteiger partial charge in [-0.15, -0.1) is 11.3 Å². The van der Waals surface area contributed by atoms with Gasteiger partial charge in [0.1, 0.15) is 0 Å². The van der Waals surface area contributed by atoms with E-state index in [0.29, 0.717) is 0 Å². The van der Waals surface area contributed by atoms with Crippen LogP contribution in [0.2, 0.25) is 0 Å². The van der Waals surface area contributed by atoms with Crippen molar-refractivity contribution in [2.24, 2.45) is 7.05 Å². The third-order valence-electron chi connectivity index (χ3n) is 2.73. The van der Waals surface area contributed by atoms with E-state index >= 15 is 0 Å². The SMILES string of the molecule is Cn1c(-c2cccs2)cc2ccccc21. The van der Waals surface area contributed by atoms with E-state index in [-0.39, 0.29) is 0 Å². The van der Waals surface area contributed by atoms with Crippen molar-refractivity contribution in [2.45, 2.75) is 0 Å². The number of fused-ring (bicyclic) bond motifs is 1. The van der Waals surface area contributed by atoms with Crippen LogP contribution in [0.3, 0.4) is 0 Å². The third-order valence-corrected chi connectivity index (χ3v) is 3.62. The highest BCUT2D eigenvalue weighted by molar-refractivity contribution is 7.13. The molecule has 0 bridgehead atoms. The van der Waals surface area contributed by atoms with Gasteiger partial charge < -0.3 is 4.57 Å². The first-order valence-electron chi connectivity index (χ1n) is 4.94. The standard InChI is InChI=1S/C13H11NS/c1-14-11-6-3-2-5-10(11)9-12(14)13-7-4-8-15-13/h2-9H,1H3. The molecule has 15 heavy (non-hydrogen) atoms. The Morgan fingerprint density at radius 3 is 2.67 bits per heavy atom. The molecule has 0 atom stereocenters. The maximum atomic E-state index is 2.25. The van der Waals surface area contributed by atoms with Crippen LogP contribution in [0, 0.1) is 0 Å². The smallest absolute Gasteiger partial charge is 0.0590 e. The summed E-state index contributed by atoms with van der Waals surface area (Å²) in [6.07, 6.45) is 0. The minimum Gasteiger partial charge on any atom is -0.343 e. The van der Waals surface area contributed by atoms with Gasteiger partial charge >= 0.3 is 0 Å². The number of hydrogen-bond donors (Lipinski definition) is 0. The second-order valence-corrected chi connectivity index (χ2v) is 4.57. The summed E-state index contributed by atoms with van der Waals surface area (Å²) in [6.45, 7) is 0. The lowest BCUT2D eigenvalue weighted by Gasteiger charge is -2.00. The first-order valence-corrected chi connectivity index (χ1v) is 5.82. The molecule has 2 heterocycles. The van der Waals surface area contributed by atoms with E-state index in [9.17, 15) is 0 Å². The summed E-state index contributed by atoms with van der Waals surface area (Å²) in [7, 11) is 2.12. The molecule has 0 amide bonds. The highest BCUT2D eigenvalue weighted by atomic mass is 32.1. The van der Waals surface area contributed by atoms with Gasteiger partial charge in [-0.1, -0.05) is 24.3 Å². The molecule has 0 aliphatic rings. The van der Waals surface area contributed by atoms with Crippen LogP contribution >= 0.6 is 11.3 Å². The zero-order valence-corrected chi connectivity index (χ0v) is 9.29. The highest BCUT2D eigenvalue weighted by Crippen LogP contribution is 2.29. The molecule has 0 radical (unpaired) electrons. The summed E-state index contributed by atoms with van der Waals surface area (Å²) in [4.78, 5) is 1.33. The fourth-order valence-electron chi connectivity index (χ4n) is 1.95. The highest BCUT2D eigenvalue weighted by Gasteiger charge is 2.07. The largest absolute Gasteiger partial charge is 0.343 e. The minimum atomic E-state index is 1.29. The van der Waals surface area contributed by atoms with Crippen molar-refractivity contribution in [3.05, 3.63) is 47.8 Å². The Labute approximate surface area is 92.6 Å². The molecule has 0 saturated heterocycles. The summed E-state index contributed by atoms with van der Waals surface area (Å²) >= 11 is 1.78. The van der Waals surface area contributed by atoms with E-state index in [4.69, 9.17) is 0 Å². The summed E-state index contributed by atoms with van der Waals surface area (Å²) in [5, 5.41) is 3.43. The average Bonchev–Trinajstić information content (AvgIpc) is 2.87. The van der Waals surface area contributed by atoms with Gasteiger partial charge in [0.25, 0.3) is 0 Å². The molecule has 74 valence electrons. The summed E-state index contributed by atoms with van der Waals surface area (Å²) in [5.74, 6) is 0. The van der Waals surface area contributed by atoms with Crippen LogP contribution in [0.5, 0.6) is 0 Å². The van der Waals surface area contributed by atoms with Gasteiger partial charge in [-0.3, -0.25) is 0 Å². The molecule has 0 aliphatic heterocycles. The Hall–Kier alpha value is -1.54. The maximum absolute atomic E-state index is 2.25. The number of rotatable bonds is 1. The van der Waals surface area contributed by atoms with Crippen molar-refractivity contribution < 1.29 is 0 Å². The molecule has 1 aromatic carbocycles. The summed E-state index contributed by atoms with van der Waals surface area (Å²) in [6, 6.07) is 15.0. The molecular formula is C13H11NS. The molecule has 0 unspecified atom stereocenters. The Balaban J connectivity index is 2.33. The van der Waals surface area contributed by atoms with E-state index in [2.05, 4.69) is 59.5 Å². The van der Waals surface area contributed by atoms with Crippen LogP contribution in [0.25, 0.3) is 21.5 Å². The van der Waals surface area contributed by atoms with Gasteiger partial charge in [-0.25, -0.2) is 0 Å². The van der Waals surface area contributed by atoms with Crippen molar-refractivity contribution in [2.75, 3.05) is 0 Å². The molecule has 0 N–H and O–H groups in total. The van der Waals surface area contributed by atoms with Crippen molar-refractivity contribution in [3.8, 4) is 10.6 Å². The molecule has 3 aromatic rings. The summed E-state index contributed by atoms with van der Waals surface area (Å²) < 4.78 is 2.25. The molecule has 1 nitrogen and oxygen atoms in total. The van der Waals surface area contributed by atoms with Crippen LogP contribution in [0.4, 0.5) is 0 Å². The first kappa shape index (κ1) is 8.74. The predicted octanol–water partition coefficient (Wildman–Crippen LogP) is 3.91. The van der Waals surface area contributed by atoms with E-state index in [1.165, 1.54) is 21.5 Å². The van der Waals surface area contributed by atoms with Crippen LogP contribution < -0.4 is 0 Å². The molecule has 2 heteroatoms. The van der Waals surface area contributed by atoms with Gasteiger partial charge in [0.2, 0.25) is 0 Å². The second-order valence-electron chi connectivity index (χ2n) is 3.62. The molecule has 2 aromatic heterocycles. The third kappa shape index (κ3) is 1.29. The zero-order valence-electron chi connectivity index (χ0n) is 8.47.